The maximum Gasteiger partial charge on any atom is 0.339 e. The molecule has 1 saturated heterocycles. The van der Waals surface area contributed by atoms with Gasteiger partial charge in [-0.2, -0.15) is 11.8 Å². The van der Waals surface area contributed by atoms with E-state index < -0.39 is 5.97 Å². The molecule has 0 aliphatic carbocycles. The van der Waals surface area contributed by atoms with Crippen LogP contribution in [-0.4, -0.2) is 45.2 Å². The first-order valence-corrected chi connectivity index (χ1v) is 9.00. The number of rotatable bonds is 6. The van der Waals surface area contributed by atoms with Crippen LogP contribution in [0.1, 0.15) is 23.7 Å². The second-order valence-electron chi connectivity index (χ2n) is 5.42. The Morgan fingerprint density at radius 3 is 3.04 bits per heavy atom. The third-order valence-electron chi connectivity index (χ3n) is 3.72. The molecule has 2 aromatic rings. The van der Waals surface area contributed by atoms with Gasteiger partial charge in [-0.05, 0) is 43.4 Å². The Labute approximate surface area is 144 Å². The molecule has 1 fully saturated rings. The van der Waals surface area contributed by atoms with Crippen molar-refractivity contribution >= 4 is 23.7 Å². The van der Waals surface area contributed by atoms with Gasteiger partial charge in [0.15, 0.2) is 0 Å². The summed E-state index contributed by atoms with van der Waals surface area (Å²) in [6, 6.07) is 7.24. The second kappa shape index (κ2) is 7.53. The Balaban J connectivity index is 1.87. The highest BCUT2D eigenvalue weighted by Gasteiger charge is 2.17. The molecule has 0 radical (unpaired) electrons. The molecule has 2 heterocycles. The van der Waals surface area contributed by atoms with Gasteiger partial charge in [-0.15, -0.1) is 0 Å². The van der Waals surface area contributed by atoms with Crippen LogP contribution in [0.2, 0.25) is 0 Å². The van der Waals surface area contributed by atoms with Crippen molar-refractivity contribution in [3.63, 3.8) is 0 Å². The normalized spacial score (nSPS) is 16.8. The quantitative estimate of drug-likeness (QED) is 0.832. The van der Waals surface area contributed by atoms with Gasteiger partial charge in [-0.25, -0.2) is 14.8 Å². The summed E-state index contributed by atoms with van der Waals surface area (Å²) < 4.78 is 5.37. The van der Waals surface area contributed by atoms with E-state index in [2.05, 4.69) is 15.3 Å². The molecule has 2 N–H and O–H groups in total. The van der Waals surface area contributed by atoms with E-state index in [0.29, 0.717) is 30.0 Å². The van der Waals surface area contributed by atoms with Gasteiger partial charge in [0.1, 0.15) is 11.3 Å². The lowest BCUT2D eigenvalue weighted by Crippen LogP contribution is -2.19. The molecular formula is C17H19N3O3S. The van der Waals surface area contributed by atoms with Crippen molar-refractivity contribution < 1.29 is 14.6 Å². The fourth-order valence-corrected chi connectivity index (χ4v) is 3.71. The fourth-order valence-electron chi connectivity index (χ4n) is 2.56. The Morgan fingerprint density at radius 1 is 1.46 bits per heavy atom. The van der Waals surface area contributed by atoms with Crippen molar-refractivity contribution in [3.05, 3.63) is 36.0 Å². The highest BCUT2D eigenvalue weighted by molar-refractivity contribution is 7.99. The summed E-state index contributed by atoms with van der Waals surface area (Å²) >= 11 is 1.92. The third kappa shape index (κ3) is 3.79. The number of benzene rings is 1. The monoisotopic (exact) mass is 345 g/mol. The van der Waals surface area contributed by atoms with Crippen LogP contribution in [0.25, 0.3) is 11.3 Å². The molecule has 0 unspecified atom stereocenters. The van der Waals surface area contributed by atoms with Gasteiger partial charge in [-0.1, -0.05) is 0 Å². The first-order valence-electron chi connectivity index (χ1n) is 7.85. The molecule has 0 saturated carbocycles. The molecule has 1 aliphatic rings. The zero-order chi connectivity index (χ0) is 16.9. The van der Waals surface area contributed by atoms with Crippen molar-refractivity contribution in [1.29, 1.82) is 0 Å². The van der Waals surface area contributed by atoms with E-state index in [0.717, 1.165) is 23.5 Å². The number of aromatic carboxylic acids is 1. The first kappa shape index (κ1) is 16.6. The van der Waals surface area contributed by atoms with E-state index in [1.54, 1.807) is 24.4 Å². The lowest BCUT2D eigenvalue weighted by molar-refractivity contribution is 0.0692. The smallest absolute Gasteiger partial charge is 0.339 e. The molecule has 1 aliphatic heterocycles. The van der Waals surface area contributed by atoms with Gasteiger partial charge in [0.2, 0.25) is 5.95 Å². The average molecular weight is 345 g/mol. The van der Waals surface area contributed by atoms with Gasteiger partial charge in [0, 0.05) is 23.6 Å². The maximum absolute atomic E-state index is 11.4. The lowest BCUT2D eigenvalue weighted by Gasteiger charge is -2.12. The molecule has 0 amide bonds. The fraction of sp³-hybridized carbons (Fsp3) is 0.353. The number of carbonyl (C=O) groups is 1. The predicted molar refractivity (Wildman–Crippen MR) is 94.9 cm³/mol. The zero-order valence-corrected chi connectivity index (χ0v) is 14.2. The summed E-state index contributed by atoms with van der Waals surface area (Å²) in [6.07, 6.45) is 2.79. The topological polar surface area (TPSA) is 84.3 Å². The van der Waals surface area contributed by atoms with Crippen LogP contribution in [-0.2, 0) is 0 Å². The van der Waals surface area contributed by atoms with E-state index in [9.17, 15) is 9.90 Å². The van der Waals surface area contributed by atoms with Crippen LogP contribution in [0.15, 0.2) is 30.5 Å². The minimum Gasteiger partial charge on any atom is -0.493 e. The average Bonchev–Trinajstić information content (AvgIpc) is 3.08. The Bertz CT molecular complexity index is 733. The molecule has 126 valence electrons. The first-order chi connectivity index (χ1) is 11.7. The van der Waals surface area contributed by atoms with Crippen molar-refractivity contribution in [2.45, 2.75) is 19.4 Å². The van der Waals surface area contributed by atoms with Crippen LogP contribution in [0.3, 0.4) is 0 Å². The van der Waals surface area contributed by atoms with Crippen molar-refractivity contribution in [3.8, 4) is 17.0 Å². The third-order valence-corrected chi connectivity index (χ3v) is 4.89. The summed E-state index contributed by atoms with van der Waals surface area (Å²) in [7, 11) is 0. The van der Waals surface area contributed by atoms with Crippen LogP contribution < -0.4 is 10.1 Å². The summed E-state index contributed by atoms with van der Waals surface area (Å²) in [6.45, 7) is 2.24. The summed E-state index contributed by atoms with van der Waals surface area (Å²) in [5.41, 5.74) is 1.54. The number of carboxylic acids is 1. The van der Waals surface area contributed by atoms with Gasteiger partial charge >= 0.3 is 5.97 Å². The summed E-state index contributed by atoms with van der Waals surface area (Å²) in [4.78, 5) is 20.2. The van der Waals surface area contributed by atoms with E-state index >= 15 is 0 Å². The maximum atomic E-state index is 11.4. The Kier molecular flexibility index (Phi) is 5.20. The second-order valence-corrected chi connectivity index (χ2v) is 6.57. The molecule has 3 rings (SSSR count). The highest BCUT2D eigenvalue weighted by Crippen LogP contribution is 2.27. The summed E-state index contributed by atoms with van der Waals surface area (Å²) in [5, 5.41) is 12.7. The van der Waals surface area contributed by atoms with Gasteiger partial charge in [0.25, 0.3) is 0 Å². The zero-order valence-electron chi connectivity index (χ0n) is 13.4. The number of hydrogen-bond donors (Lipinski definition) is 2. The SMILES string of the molecule is CCOc1ccc(-c2ccnc(N[C@@H]3CCSC3)n2)cc1C(=O)O. The van der Waals surface area contributed by atoms with E-state index in [1.165, 1.54) is 0 Å². The Morgan fingerprint density at radius 2 is 2.33 bits per heavy atom. The number of nitrogens with zero attached hydrogens (tertiary/aromatic N) is 2. The van der Waals surface area contributed by atoms with Gasteiger partial charge < -0.3 is 15.2 Å². The van der Waals surface area contributed by atoms with Crippen LogP contribution in [0.5, 0.6) is 5.75 Å². The molecule has 6 nitrogen and oxygen atoms in total. The number of anilines is 1. The number of thioether (sulfide) groups is 1. The van der Waals surface area contributed by atoms with Crippen LogP contribution in [0.4, 0.5) is 5.95 Å². The number of ether oxygens (including phenoxy) is 1. The molecule has 1 atom stereocenters. The molecular weight excluding hydrogens is 326 g/mol. The van der Waals surface area contributed by atoms with Crippen molar-refractivity contribution in [2.75, 3.05) is 23.4 Å². The largest absolute Gasteiger partial charge is 0.493 e. The number of nitrogens with one attached hydrogen (secondary N) is 1. The molecule has 0 spiro atoms. The molecule has 24 heavy (non-hydrogen) atoms. The van der Waals surface area contributed by atoms with Crippen molar-refractivity contribution in [1.82, 2.24) is 9.97 Å². The summed E-state index contributed by atoms with van der Waals surface area (Å²) in [5.74, 6) is 2.13. The standard InChI is InChI=1S/C17H19N3O3S/c1-2-23-15-4-3-11(9-13(15)16(21)22)14-5-7-18-17(20-14)19-12-6-8-24-10-12/h3-5,7,9,12H,2,6,8,10H2,1H3,(H,21,22)(H,18,19,20)/t12-/m1/s1. The van der Waals surface area contributed by atoms with Crippen molar-refractivity contribution in [2.24, 2.45) is 0 Å². The molecule has 1 aromatic carbocycles. The predicted octanol–water partition coefficient (Wildman–Crippen LogP) is 3.16. The molecule has 1 aromatic heterocycles. The van der Waals surface area contributed by atoms with Crippen LogP contribution >= 0.6 is 11.8 Å². The minimum absolute atomic E-state index is 0.134. The highest BCUT2D eigenvalue weighted by atomic mass is 32.2. The number of aromatic nitrogens is 2. The van der Waals surface area contributed by atoms with E-state index in [-0.39, 0.29) is 5.56 Å². The Hall–Kier alpha value is -2.28. The number of hydrogen-bond acceptors (Lipinski definition) is 6. The molecule has 0 bridgehead atoms. The van der Waals surface area contributed by atoms with Crippen LogP contribution in [0, 0.1) is 0 Å². The minimum atomic E-state index is -1.02. The lowest BCUT2D eigenvalue weighted by atomic mass is 10.1. The molecule has 7 heteroatoms. The van der Waals surface area contributed by atoms with E-state index in [4.69, 9.17) is 4.74 Å². The van der Waals surface area contributed by atoms with Gasteiger partial charge in [0.05, 0.1) is 12.3 Å². The van der Waals surface area contributed by atoms with Gasteiger partial charge in [-0.3, -0.25) is 0 Å². The van der Waals surface area contributed by atoms with E-state index in [1.807, 2.05) is 24.8 Å². The number of carboxylic acid groups (broad SMARTS) is 1.